The van der Waals surface area contributed by atoms with Gasteiger partial charge in [0.15, 0.2) is 0 Å². The number of imide groups is 2. The van der Waals surface area contributed by atoms with E-state index in [1.54, 1.807) is 0 Å². The van der Waals surface area contributed by atoms with Crippen LogP contribution in [0.3, 0.4) is 0 Å². The number of carbonyl (C=O) groups excluding carboxylic acids is 4. The van der Waals surface area contributed by atoms with Crippen molar-refractivity contribution in [2.75, 3.05) is 0 Å². The summed E-state index contributed by atoms with van der Waals surface area (Å²) in [5, 5.41) is 0. The van der Waals surface area contributed by atoms with Gasteiger partial charge in [-0.15, -0.1) is 0 Å². The van der Waals surface area contributed by atoms with E-state index >= 15 is 0 Å². The van der Waals surface area contributed by atoms with Gasteiger partial charge in [-0.1, -0.05) is 0 Å². The van der Waals surface area contributed by atoms with Gasteiger partial charge in [-0.05, 0) is 120 Å². The SMILES string of the molecule is O=C1c2c(Br)c(Br)c(CCc3c(Br)c(Br)c4c(c3Br)C(=O)N(Br)C4=O)c(Br)c2C(=O)N1Br. The Morgan fingerprint density at radius 1 is 0.438 bits per heavy atom. The Balaban J connectivity index is 1.81. The molecule has 0 fully saturated rings. The van der Waals surface area contributed by atoms with Crippen LogP contribution in [0.1, 0.15) is 52.6 Å². The highest BCUT2D eigenvalue weighted by Crippen LogP contribution is 2.46. The number of carbonyl (C=O) groups is 4. The summed E-state index contributed by atoms with van der Waals surface area (Å²) >= 11 is 26.9. The van der Waals surface area contributed by atoms with Crippen molar-refractivity contribution >= 4 is 152 Å². The summed E-state index contributed by atoms with van der Waals surface area (Å²) in [4.78, 5) is 50.1. The quantitative estimate of drug-likeness (QED) is 0.179. The average molecular weight is 951 g/mol. The molecule has 0 saturated heterocycles. The second-order valence-electron chi connectivity index (χ2n) is 6.62. The van der Waals surface area contributed by atoms with Gasteiger partial charge >= 0.3 is 0 Å². The number of amides is 4. The number of benzene rings is 2. The van der Waals surface area contributed by atoms with E-state index in [4.69, 9.17) is 0 Å². The minimum absolute atomic E-state index is 0.263. The van der Waals surface area contributed by atoms with E-state index in [9.17, 15) is 19.2 Å². The third-order valence-electron chi connectivity index (χ3n) is 5.02. The van der Waals surface area contributed by atoms with Crippen LogP contribution in [0.15, 0.2) is 26.8 Å². The molecule has 0 bridgehead atoms. The van der Waals surface area contributed by atoms with E-state index < -0.39 is 23.6 Å². The van der Waals surface area contributed by atoms with Crippen molar-refractivity contribution in [1.82, 2.24) is 7.85 Å². The molecule has 2 aromatic rings. The molecule has 2 heterocycles. The number of rotatable bonds is 3. The zero-order valence-electron chi connectivity index (χ0n) is 15.0. The zero-order valence-corrected chi connectivity index (χ0v) is 27.7. The lowest BCUT2D eigenvalue weighted by Gasteiger charge is -2.16. The summed E-state index contributed by atoms with van der Waals surface area (Å²) in [5.41, 5.74) is 2.58. The van der Waals surface area contributed by atoms with Crippen molar-refractivity contribution in [3.63, 3.8) is 0 Å². The summed E-state index contributed by atoms with van der Waals surface area (Å²) in [6, 6.07) is 0. The minimum Gasteiger partial charge on any atom is -0.268 e. The van der Waals surface area contributed by atoms with E-state index in [0.717, 1.165) is 19.0 Å². The van der Waals surface area contributed by atoms with Crippen LogP contribution in [0.5, 0.6) is 0 Å². The number of hydrogen-bond donors (Lipinski definition) is 0. The molecule has 4 rings (SSSR count). The molecule has 4 amide bonds. The van der Waals surface area contributed by atoms with Gasteiger partial charge in [0.05, 0.1) is 54.5 Å². The molecule has 32 heavy (non-hydrogen) atoms. The molecule has 14 heteroatoms. The van der Waals surface area contributed by atoms with Gasteiger partial charge in [-0.3, -0.25) is 19.2 Å². The van der Waals surface area contributed by atoms with Crippen molar-refractivity contribution in [2.24, 2.45) is 0 Å². The third-order valence-corrected chi connectivity index (χ3v) is 12.5. The zero-order chi connectivity index (χ0) is 23.8. The molecular formula is C18H4Br8N2O4. The summed E-state index contributed by atoms with van der Waals surface area (Å²) in [5.74, 6) is -1.84. The molecule has 0 atom stereocenters. The molecule has 0 spiro atoms. The highest BCUT2D eigenvalue weighted by Gasteiger charge is 2.42. The van der Waals surface area contributed by atoms with Crippen LogP contribution < -0.4 is 0 Å². The average Bonchev–Trinajstić information content (AvgIpc) is 3.12. The minimum atomic E-state index is -0.463. The normalized spacial score (nSPS) is 15.2. The van der Waals surface area contributed by atoms with Crippen molar-refractivity contribution in [3.8, 4) is 0 Å². The topological polar surface area (TPSA) is 74.8 Å². The van der Waals surface area contributed by atoms with Crippen LogP contribution in [0, 0.1) is 0 Å². The van der Waals surface area contributed by atoms with Gasteiger partial charge in [0.2, 0.25) is 0 Å². The second-order valence-corrected chi connectivity index (χ2v) is 12.8. The fourth-order valence-electron chi connectivity index (χ4n) is 3.49. The maximum absolute atomic E-state index is 12.6. The van der Waals surface area contributed by atoms with Crippen LogP contribution in [-0.4, -0.2) is 31.5 Å². The monoisotopic (exact) mass is 943 g/mol. The standard InChI is InChI=1S/C18H4Br8N2O4/c19-9-3(11(21)13(23)7-5(9)15(29)27(25)17(7)31)1-2-4-10(20)6-8(14(24)12(4)22)18(32)28(26)16(6)30/h1-2H2. The maximum atomic E-state index is 12.6. The molecular weight excluding hydrogens is 947 g/mol. The first-order valence-electron chi connectivity index (χ1n) is 8.39. The van der Waals surface area contributed by atoms with Crippen LogP contribution >= 0.6 is 128 Å². The van der Waals surface area contributed by atoms with Crippen LogP contribution in [0.25, 0.3) is 0 Å². The molecule has 0 aromatic heterocycles. The van der Waals surface area contributed by atoms with E-state index in [2.05, 4.69) is 128 Å². The molecule has 2 aliphatic rings. The van der Waals surface area contributed by atoms with Crippen LogP contribution in [-0.2, 0) is 12.8 Å². The first kappa shape index (κ1) is 25.6. The van der Waals surface area contributed by atoms with Gasteiger partial charge in [-0.25, -0.2) is 7.85 Å². The van der Waals surface area contributed by atoms with E-state index in [0.29, 0.717) is 39.7 Å². The summed E-state index contributed by atoms with van der Waals surface area (Å²) < 4.78 is 5.03. The predicted octanol–water partition coefficient (Wildman–Crippen LogP) is 7.86. The Morgan fingerprint density at radius 2 is 0.688 bits per heavy atom. The first-order valence-corrected chi connectivity index (χ1v) is 14.6. The molecule has 2 aromatic carbocycles. The highest BCUT2D eigenvalue weighted by molar-refractivity contribution is 9.13. The Kier molecular flexibility index (Phi) is 7.38. The fourth-order valence-corrected chi connectivity index (χ4v) is 8.66. The van der Waals surface area contributed by atoms with Gasteiger partial charge in [0, 0.05) is 26.8 Å². The van der Waals surface area contributed by atoms with Gasteiger partial charge in [0.25, 0.3) is 23.6 Å². The summed E-state index contributed by atoms with van der Waals surface area (Å²) in [6.07, 6.45) is 0.888. The molecule has 6 nitrogen and oxygen atoms in total. The fraction of sp³-hybridized carbons (Fsp3) is 0.111. The number of nitrogens with zero attached hydrogens (tertiary/aromatic N) is 2. The lowest BCUT2D eigenvalue weighted by Crippen LogP contribution is -2.17. The van der Waals surface area contributed by atoms with Crippen molar-refractivity contribution < 1.29 is 19.2 Å². The molecule has 0 aliphatic carbocycles. The second kappa shape index (κ2) is 9.21. The highest BCUT2D eigenvalue weighted by atomic mass is 79.9. The maximum Gasteiger partial charge on any atom is 0.273 e. The Hall–Kier alpha value is 0.560. The van der Waals surface area contributed by atoms with Crippen molar-refractivity contribution in [2.45, 2.75) is 12.8 Å². The smallest absolute Gasteiger partial charge is 0.268 e. The number of hydrogen-bond acceptors (Lipinski definition) is 4. The third kappa shape index (κ3) is 3.65. The van der Waals surface area contributed by atoms with Crippen molar-refractivity contribution in [1.29, 1.82) is 0 Å². The van der Waals surface area contributed by atoms with Gasteiger partial charge < -0.3 is 0 Å². The van der Waals surface area contributed by atoms with Crippen molar-refractivity contribution in [3.05, 3.63) is 60.2 Å². The largest absolute Gasteiger partial charge is 0.273 e. The lowest BCUT2D eigenvalue weighted by molar-refractivity contribution is 0.0768. The van der Waals surface area contributed by atoms with E-state index in [1.807, 2.05) is 0 Å². The molecule has 0 saturated carbocycles. The lowest BCUT2D eigenvalue weighted by atomic mass is 9.98. The molecule has 2 aliphatic heterocycles. The molecule has 0 radical (unpaired) electrons. The van der Waals surface area contributed by atoms with Gasteiger partial charge in [-0.2, -0.15) is 0 Å². The molecule has 0 N–H and O–H groups in total. The van der Waals surface area contributed by atoms with E-state index in [-0.39, 0.29) is 22.3 Å². The predicted molar refractivity (Wildman–Crippen MR) is 145 cm³/mol. The summed E-state index contributed by atoms with van der Waals surface area (Å²) in [6.45, 7) is 0. The van der Waals surface area contributed by atoms with Crippen LogP contribution in [0.4, 0.5) is 0 Å². The number of fused-ring (bicyclic) bond motifs is 2. The van der Waals surface area contributed by atoms with E-state index in [1.165, 1.54) is 0 Å². The first-order chi connectivity index (χ1) is 14.9. The van der Waals surface area contributed by atoms with Gasteiger partial charge in [0.1, 0.15) is 0 Å². The number of halogens is 8. The Morgan fingerprint density at radius 3 is 0.969 bits per heavy atom. The Bertz CT molecular complexity index is 1210. The summed E-state index contributed by atoms with van der Waals surface area (Å²) in [7, 11) is 0. The molecule has 0 unspecified atom stereocenters. The Labute approximate surface area is 248 Å². The van der Waals surface area contributed by atoms with Crippen LogP contribution in [0.2, 0.25) is 0 Å². The molecule has 166 valence electrons.